The van der Waals surface area contributed by atoms with Crippen LogP contribution in [-0.4, -0.2) is 53.9 Å². The molecule has 1 aromatic carbocycles. The highest BCUT2D eigenvalue weighted by Crippen LogP contribution is 2.30. The molecule has 9 heteroatoms. The van der Waals surface area contributed by atoms with E-state index in [1.165, 1.54) is 17.4 Å². The first kappa shape index (κ1) is 20.8. The van der Waals surface area contributed by atoms with Crippen molar-refractivity contribution in [3.05, 3.63) is 56.3 Å². The first-order valence-corrected chi connectivity index (χ1v) is 10.5. The van der Waals surface area contributed by atoms with E-state index in [1.807, 2.05) is 29.5 Å². The normalized spacial score (nSPS) is 14.6. The Morgan fingerprint density at radius 2 is 1.93 bits per heavy atom. The summed E-state index contributed by atoms with van der Waals surface area (Å²) in [5, 5.41) is 18.1. The molecular formula is C20H24N4O4S. The van der Waals surface area contributed by atoms with Gasteiger partial charge in [-0.25, -0.2) is 0 Å². The fourth-order valence-corrected chi connectivity index (χ4v) is 3.98. The Morgan fingerprint density at radius 3 is 2.59 bits per heavy atom. The van der Waals surface area contributed by atoms with Gasteiger partial charge in [0.05, 0.1) is 10.5 Å². The van der Waals surface area contributed by atoms with Crippen molar-refractivity contribution < 1.29 is 14.5 Å². The summed E-state index contributed by atoms with van der Waals surface area (Å²) in [6, 6.07) is 6.31. The Bertz CT molecular complexity index is 898. The average Bonchev–Trinajstić information content (AvgIpc) is 3.11. The van der Waals surface area contributed by atoms with E-state index in [0.29, 0.717) is 43.9 Å². The van der Waals surface area contributed by atoms with Gasteiger partial charge in [-0.05, 0) is 43.8 Å². The molecular weight excluding hydrogens is 392 g/mol. The van der Waals surface area contributed by atoms with E-state index >= 15 is 0 Å². The number of carbonyl (C=O) groups excluding carboxylic acids is 2. The highest BCUT2D eigenvalue weighted by Gasteiger charge is 2.26. The molecule has 8 nitrogen and oxygen atoms in total. The van der Waals surface area contributed by atoms with E-state index in [4.69, 9.17) is 0 Å². The van der Waals surface area contributed by atoms with Gasteiger partial charge < -0.3 is 15.1 Å². The quantitative estimate of drug-likeness (QED) is 0.597. The molecule has 0 radical (unpaired) electrons. The Labute approximate surface area is 173 Å². The van der Waals surface area contributed by atoms with Crippen LogP contribution in [0.15, 0.2) is 35.0 Å². The summed E-state index contributed by atoms with van der Waals surface area (Å²) in [6.45, 7) is 5.86. The standard InChI is InChI=1S/C20H24N4O4S/c1-14(2)21-19(25)15-4-5-17(18(12-15)24(27)28)22-7-3-8-23(10-9-22)20(26)16-6-11-29-13-16/h4-6,11-14H,3,7-10H2,1-2H3,(H,21,25). The molecule has 1 aliphatic heterocycles. The molecule has 2 amide bonds. The molecule has 0 saturated carbocycles. The summed E-state index contributed by atoms with van der Waals surface area (Å²) in [5.41, 5.74) is 1.31. The maximum absolute atomic E-state index is 12.6. The van der Waals surface area contributed by atoms with Gasteiger partial charge in [-0.2, -0.15) is 11.3 Å². The smallest absolute Gasteiger partial charge is 0.293 e. The lowest BCUT2D eigenvalue weighted by molar-refractivity contribution is -0.384. The van der Waals surface area contributed by atoms with Crippen LogP contribution in [0.1, 0.15) is 41.0 Å². The largest absolute Gasteiger partial charge is 0.364 e. The van der Waals surface area contributed by atoms with Crippen molar-refractivity contribution >= 4 is 34.5 Å². The first-order chi connectivity index (χ1) is 13.9. The molecule has 1 fully saturated rings. The Morgan fingerprint density at radius 1 is 1.14 bits per heavy atom. The van der Waals surface area contributed by atoms with Gasteiger partial charge in [-0.15, -0.1) is 0 Å². The lowest BCUT2D eigenvalue weighted by Crippen LogP contribution is -2.35. The molecule has 3 rings (SSSR count). The van der Waals surface area contributed by atoms with Crippen molar-refractivity contribution in [1.29, 1.82) is 0 Å². The number of amides is 2. The maximum Gasteiger partial charge on any atom is 0.293 e. The van der Waals surface area contributed by atoms with Gasteiger partial charge in [0, 0.05) is 49.2 Å². The summed E-state index contributed by atoms with van der Waals surface area (Å²) in [5.74, 6) is -0.346. The van der Waals surface area contributed by atoms with Crippen LogP contribution in [0.3, 0.4) is 0 Å². The van der Waals surface area contributed by atoms with Crippen molar-refractivity contribution in [2.75, 3.05) is 31.1 Å². The molecule has 1 aliphatic rings. The zero-order valence-electron chi connectivity index (χ0n) is 16.5. The molecule has 29 heavy (non-hydrogen) atoms. The Balaban J connectivity index is 1.78. The van der Waals surface area contributed by atoms with Crippen molar-refractivity contribution in [2.24, 2.45) is 0 Å². The number of hydrogen-bond donors (Lipinski definition) is 1. The molecule has 154 valence electrons. The second-order valence-corrected chi connectivity index (χ2v) is 8.01. The van der Waals surface area contributed by atoms with Gasteiger partial charge in [-0.3, -0.25) is 19.7 Å². The molecule has 0 atom stereocenters. The van der Waals surface area contributed by atoms with Crippen LogP contribution in [-0.2, 0) is 0 Å². The van der Waals surface area contributed by atoms with E-state index in [9.17, 15) is 19.7 Å². The predicted octanol–water partition coefficient (Wildman–Crippen LogP) is 3.15. The van der Waals surface area contributed by atoms with Gasteiger partial charge in [0.2, 0.25) is 0 Å². The first-order valence-electron chi connectivity index (χ1n) is 9.52. The third-order valence-electron chi connectivity index (χ3n) is 4.75. The van der Waals surface area contributed by atoms with Crippen molar-refractivity contribution in [3.63, 3.8) is 0 Å². The molecule has 0 spiro atoms. The van der Waals surface area contributed by atoms with E-state index in [0.717, 1.165) is 0 Å². The molecule has 1 aromatic heterocycles. The predicted molar refractivity (Wildman–Crippen MR) is 113 cm³/mol. The number of nitro benzene ring substituents is 1. The minimum atomic E-state index is -0.458. The van der Waals surface area contributed by atoms with E-state index < -0.39 is 4.92 Å². The Kier molecular flexibility index (Phi) is 6.48. The van der Waals surface area contributed by atoms with Gasteiger partial charge >= 0.3 is 0 Å². The van der Waals surface area contributed by atoms with Crippen LogP contribution in [0, 0.1) is 10.1 Å². The number of hydrogen-bond acceptors (Lipinski definition) is 6. The van der Waals surface area contributed by atoms with E-state index in [1.54, 1.807) is 23.1 Å². The number of thiophene rings is 1. The number of rotatable bonds is 5. The third kappa shape index (κ3) is 4.92. The SMILES string of the molecule is CC(C)NC(=O)c1ccc(N2CCCN(C(=O)c3ccsc3)CC2)c([N+](=O)[O-])c1. The molecule has 0 unspecified atom stereocenters. The summed E-state index contributed by atoms with van der Waals surface area (Å²) < 4.78 is 0. The average molecular weight is 417 g/mol. The number of anilines is 1. The number of carbonyl (C=O) groups is 2. The second-order valence-electron chi connectivity index (χ2n) is 7.23. The second kappa shape index (κ2) is 9.04. The van der Waals surface area contributed by atoms with Crippen molar-refractivity contribution in [3.8, 4) is 0 Å². The van der Waals surface area contributed by atoms with Gasteiger partial charge in [0.1, 0.15) is 5.69 Å². The van der Waals surface area contributed by atoms with Gasteiger partial charge in [0.15, 0.2) is 0 Å². The highest BCUT2D eigenvalue weighted by atomic mass is 32.1. The van der Waals surface area contributed by atoms with Crippen molar-refractivity contribution in [2.45, 2.75) is 26.3 Å². The number of nitrogens with zero attached hydrogens (tertiary/aromatic N) is 3. The molecule has 2 heterocycles. The zero-order chi connectivity index (χ0) is 21.0. The number of nitro groups is 1. The molecule has 0 aliphatic carbocycles. The fourth-order valence-electron chi connectivity index (χ4n) is 3.35. The van der Waals surface area contributed by atoms with Crippen LogP contribution in [0.2, 0.25) is 0 Å². The molecule has 1 N–H and O–H groups in total. The van der Waals surface area contributed by atoms with Gasteiger partial charge in [-0.1, -0.05) is 0 Å². The molecule has 1 saturated heterocycles. The van der Waals surface area contributed by atoms with Crippen LogP contribution < -0.4 is 10.2 Å². The minimum absolute atomic E-state index is 0.0108. The number of benzene rings is 1. The van der Waals surface area contributed by atoms with E-state index in [2.05, 4.69) is 5.32 Å². The van der Waals surface area contributed by atoms with Crippen LogP contribution >= 0.6 is 11.3 Å². The summed E-state index contributed by atoms with van der Waals surface area (Å²) in [7, 11) is 0. The molecule has 2 aromatic rings. The number of nitrogens with one attached hydrogen (secondary N) is 1. The van der Waals surface area contributed by atoms with Crippen LogP contribution in [0.4, 0.5) is 11.4 Å². The summed E-state index contributed by atoms with van der Waals surface area (Å²) >= 11 is 1.48. The van der Waals surface area contributed by atoms with Crippen molar-refractivity contribution in [1.82, 2.24) is 10.2 Å². The summed E-state index contributed by atoms with van der Waals surface area (Å²) in [4.78, 5) is 39.7. The zero-order valence-corrected chi connectivity index (χ0v) is 17.3. The lowest BCUT2D eigenvalue weighted by atomic mass is 10.1. The highest BCUT2D eigenvalue weighted by molar-refractivity contribution is 7.08. The maximum atomic E-state index is 12.6. The molecule has 0 bridgehead atoms. The van der Waals surface area contributed by atoms with E-state index in [-0.39, 0.29) is 29.1 Å². The Hall–Kier alpha value is -2.94. The van der Waals surface area contributed by atoms with Crippen LogP contribution in [0.25, 0.3) is 0 Å². The third-order valence-corrected chi connectivity index (χ3v) is 5.43. The fraction of sp³-hybridized carbons (Fsp3) is 0.400. The lowest BCUT2D eigenvalue weighted by Gasteiger charge is -2.23. The minimum Gasteiger partial charge on any atom is -0.364 e. The topological polar surface area (TPSA) is 95.8 Å². The van der Waals surface area contributed by atoms with Crippen LogP contribution in [0.5, 0.6) is 0 Å². The summed E-state index contributed by atoms with van der Waals surface area (Å²) in [6.07, 6.45) is 0.711. The van der Waals surface area contributed by atoms with Gasteiger partial charge in [0.25, 0.3) is 17.5 Å². The monoisotopic (exact) mass is 416 g/mol.